The lowest BCUT2D eigenvalue weighted by molar-refractivity contribution is -0.213. The third kappa shape index (κ3) is 6.27. The van der Waals surface area contributed by atoms with Gasteiger partial charge in [0.1, 0.15) is 11.6 Å². The summed E-state index contributed by atoms with van der Waals surface area (Å²) in [7, 11) is 0. The van der Waals surface area contributed by atoms with Crippen LogP contribution in [-0.2, 0) is 32.4 Å². The van der Waals surface area contributed by atoms with Crippen LogP contribution in [0.3, 0.4) is 0 Å². The molecule has 3 saturated heterocycles. The van der Waals surface area contributed by atoms with Crippen molar-refractivity contribution in [3.63, 3.8) is 0 Å². The van der Waals surface area contributed by atoms with Crippen LogP contribution in [0.2, 0.25) is 0 Å². The standard InChI is InChI=1S/C25H28FN3O6/c1-17(2)33-22-9-5-19(6-10-22)16-29-25(32)28(15-18-3-7-20(26)8-4-18)21-11-13-27(14-12-21)34-23(30)24(31)35-29/h3-10,17,21H,11-16H2,1-2H3. The molecule has 0 aromatic heterocycles. The Morgan fingerprint density at radius 3 is 2.09 bits per heavy atom. The summed E-state index contributed by atoms with van der Waals surface area (Å²) in [5.74, 6) is -2.18. The van der Waals surface area contributed by atoms with Gasteiger partial charge in [0.2, 0.25) is 0 Å². The molecule has 3 heterocycles. The zero-order chi connectivity index (χ0) is 24.9. The Hall–Kier alpha value is -3.66. The molecule has 2 aromatic rings. The molecule has 0 radical (unpaired) electrons. The molecule has 2 aromatic carbocycles. The first kappa shape index (κ1) is 24.5. The highest BCUT2D eigenvalue weighted by Gasteiger charge is 2.37. The minimum atomic E-state index is -1.29. The number of piperidine rings is 1. The van der Waals surface area contributed by atoms with Crippen molar-refractivity contribution in [2.45, 2.75) is 51.9 Å². The fourth-order valence-electron chi connectivity index (χ4n) is 4.07. The molecular weight excluding hydrogens is 457 g/mol. The third-order valence-electron chi connectivity index (χ3n) is 5.78. The number of carbonyl (C=O) groups is 3. The fourth-order valence-corrected chi connectivity index (χ4v) is 4.07. The van der Waals surface area contributed by atoms with E-state index in [-0.39, 0.29) is 31.1 Å². The molecule has 3 aliphatic rings. The van der Waals surface area contributed by atoms with E-state index in [0.717, 1.165) is 10.6 Å². The van der Waals surface area contributed by atoms with Crippen molar-refractivity contribution in [1.82, 2.24) is 15.0 Å². The number of amides is 2. The van der Waals surface area contributed by atoms with Crippen LogP contribution in [0, 0.1) is 5.82 Å². The Morgan fingerprint density at radius 1 is 0.886 bits per heavy atom. The van der Waals surface area contributed by atoms with Crippen LogP contribution in [0.15, 0.2) is 48.5 Å². The number of urea groups is 1. The van der Waals surface area contributed by atoms with Gasteiger partial charge in [-0.05, 0) is 62.1 Å². The largest absolute Gasteiger partial charge is 0.491 e. The molecule has 5 rings (SSSR count). The lowest BCUT2D eigenvalue weighted by atomic mass is 10.0. The normalized spacial score (nSPS) is 21.0. The quantitative estimate of drug-likeness (QED) is 0.579. The van der Waals surface area contributed by atoms with Gasteiger partial charge in [-0.2, -0.15) is 0 Å². The van der Waals surface area contributed by atoms with Crippen LogP contribution in [0.5, 0.6) is 5.75 Å². The first-order valence-electron chi connectivity index (χ1n) is 11.6. The van der Waals surface area contributed by atoms with Crippen LogP contribution in [0.1, 0.15) is 37.8 Å². The zero-order valence-corrected chi connectivity index (χ0v) is 19.7. The molecule has 0 unspecified atom stereocenters. The van der Waals surface area contributed by atoms with Crippen LogP contribution in [0.25, 0.3) is 0 Å². The molecule has 0 saturated carbocycles. The van der Waals surface area contributed by atoms with Gasteiger partial charge in [0.15, 0.2) is 0 Å². The molecule has 9 nitrogen and oxygen atoms in total. The van der Waals surface area contributed by atoms with E-state index in [4.69, 9.17) is 14.4 Å². The van der Waals surface area contributed by atoms with Crippen LogP contribution in [-0.4, -0.2) is 58.2 Å². The number of benzene rings is 2. The van der Waals surface area contributed by atoms with Gasteiger partial charge >= 0.3 is 18.0 Å². The Kier molecular flexibility index (Phi) is 7.50. The lowest BCUT2D eigenvalue weighted by Gasteiger charge is -2.38. The number of hydroxylamine groups is 4. The van der Waals surface area contributed by atoms with E-state index in [2.05, 4.69) is 0 Å². The van der Waals surface area contributed by atoms with E-state index in [1.54, 1.807) is 41.3 Å². The van der Waals surface area contributed by atoms with E-state index in [1.165, 1.54) is 17.2 Å². The number of nitrogens with zero attached hydrogens (tertiary/aromatic N) is 3. The van der Waals surface area contributed by atoms with Crippen LogP contribution in [0.4, 0.5) is 9.18 Å². The number of halogens is 1. The molecule has 0 spiro atoms. The van der Waals surface area contributed by atoms with Crippen molar-refractivity contribution >= 4 is 18.0 Å². The number of ether oxygens (including phenoxy) is 1. The SMILES string of the molecule is CC(C)Oc1ccc(CN2OC(=O)C(=O)ON3CCC(CC3)N(Cc3ccc(F)cc3)C2=O)cc1. The number of fused-ring (bicyclic) bond motifs is 8. The average Bonchev–Trinajstić information content (AvgIpc) is 2.86. The first-order chi connectivity index (χ1) is 16.8. The Bertz CT molecular complexity index is 1050. The maximum Gasteiger partial charge on any atom is 0.443 e. The molecule has 0 N–H and O–H groups in total. The van der Waals surface area contributed by atoms with Gasteiger partial charge < -0.3 is 19.3 Å². The summed E-state index contributed by atoms with van der Waals surface area (Å²) < 4.78 is 19.1. The molecule has 2 amide bonds. The molecule has 10 heteroatoms. The zero-order valence-electron chi connectivity index (χ0n) is 19.7. The van der Waals surface area contributed by atoms with Gasteiger partial charge in [-0.1, -0.05) is 24.3 Å². The first-order valence-corrected chi connectivity index (χ1v) is 11.6. The van der Waals surface area contributed by atoms with Gasteiger partial charge in [0.25, 0.3) is 0 Å². The molecule has 2 bridgehead atoms. The minimum absolute atomic E-state index is 0.00590. The van der Waals surface area contributed by atoms with Crippen molar-refractivity contribution < 1.29 is 33.2 Å². The topological polar surface area (TPSA) is 88.6 Å². The van der Waals surface area contributed by atoms with E-state index in [0.29, 0.717) is 37.2 Å². The molecule has 0 aliphatic carbocycles. The average molecular weight is 486 g/mol. The molecule has 186 valence electrons. The van der Waals surface area contributed by atoms with Gasteiger partial charge in [0.05, 0.1) is 12.6 Å². The molecule has 3 aliphatic heterocycles. The Morgan fingerprint density at radius 2 is 1.46 bits per heavy atom. The van der Waals surface area contributed by atoms with Crippen LogP contribution < -0.4 is 4.74 Å². The maximum atomic E-state index is 13.7. The van der Waals surface area contributed by atoms with Gasteiger partial charge in [-0.3, -0.25) is 0 Å². The van der Waals surface area contributed by atoms with Gasteiger partial charge in [-0.25, -0.2) is 18.8 Å². The lowest BCUT2D eigenvalue weighted by Crippen LogP contribution is -2.50. The molecular formula is C25H28FN3O6. The summed E-state index contributed by atoms with van der Waals surface area (Å²) in [5, 5.41) is 2.28. The molecule has 3 fully saturated rings. The van der Waals surface area contributed by atoms with E-state index < -0.39 is 18.0 Å². The van der Waals surface area contributed by atoms with Gasteiger partial charge in [0, 0.05) is 25.7 Å². The summed E-state index contributed by atoms with van der Waals surface area (Å²) in [4.78, 5) is 50.4. The van der Waals surface area contributed by atoms with E-state index in [1.807, 2.05) is 13.8 Å². The van der Waals surface area contributed by atoms with E-state index in [9.17, 15) is 18.8 Å². The smallest absolute Gasteiger partial charge is 0.443 e. The highest BCUT2D eigenvalue weighted by molar-refractivity contribution is 6.29. The van der Waals surface area contributed by atoms with Crippen molar-refractivity contribution in [3.05, 3.63) is 65.5 Å². The monoisotopic (exact) mass is 485 g/mol. The summed E-state index contributed by atoms with van der Waals surface area (Å²) in [5.41, 5.74) is 1.39. The molecule has 35 heavy (non-hydrogen) atoms. The summed E-state index contributed by atoms with van der Waals surface area (Å²) in [6.45, 7) is 4.67. The highest BCUT2D eigenvalue weighted by Crippen LogP contribution is 2.24. The third-order valence-corrected chi connectivity index (χ3v) is 5.78. The Balaban J connectivity index is 1.62. The number of rotatable bonds is 6. The fraction of sp³-hybridized carbons (Fsp3) is 0.400. The second-order valence-electron chi connectivity index (χ2n) is 8.80. The maximum absolute atomic E-state index is 13.7. The summed E-state index contributed by atoms with van der Waals surface area (Å²) in [6.07, 6.45) is 1.07. The predicted octanol–water partition coefficient (Wildman–Crippen LogP) is 3.43. The number of carbonyl (C=O) groups excluding carboxylic acids is 3. The van der Waals surface area contributed by atoms with Crippen molar-refractivity contribution in [1.29, 1.82) is 0 Å². The predicted molar refractivity (Wildman–Crippen MR) is 122 cm³/mol. The second-order valence-corrected chi connectivity index (χ2v) is 8.80. The Labute approximate surface area is 202 Å². The van der Waals surface area contributed by atoms with E-state index >= 15 is 0 Å². The second kappa shape index (κ2) is 10.7. The van der Waals surface area contributed by atoms with Crippen LogP contribution >= 0.6 is 0 Å². The van der Waals surface area contributed by atoms with Crippen molar-refractivity contribution in [3.8, 4) is 5.75 Å². The number of hydrogen-bond donors (Lipinski definition) is 0. The molecule has 0 atom stereocenters. The summed E-state index contributed by atoms with van der Waals surface area (Å²) >= 11 is 0. The van der Waals surface area contributed by atoms with Crippen molar-refractivity contribution in [2.75, 3.05) is 13.1 Å². The minimum Gasteiger partial charge on any atom is -0.491 e. The number of hydrogen-bond acceptors (Lipinski definition) is 7. The van der Waals surface area contributed by atoms with Crippen molar-refractivity contribution in [2.24, 2.45) is 0 Å². The van der Waals surface area contributed by atoms with Gasteiger partial charge in [-0.15, -0.1) is 10.1 Å². The highest BCUT2D eigenvalue weighted by atomic mass is 19.1. The summed E-state index contributed by atoms with van der Waals surface area (Å²) in [6, 6.07) is 12.1.